The Labute approximate surface area is 105 Å². The molecule has 7 nitrogen and oxygen atoms in total. The number of hydrogen-bond acceptors (Lipinski definition) is 5. The highest BCUT2D eigenvalue weighted by molar-refractivity contribution is 7.88. The first-order valence-corrected chi connectivity index (χ1v) is 6.78. The summed E-state index contributed by atoms with van der Waals surface area (Å²) in [6, 6.07) is 6.52. The maximum atomic E-state index is 11.6. The molecule has 0 fully saturated rings. The Balaban J connectivity index is 2.44. The van der Waals surface area contributed by atoms with E-state index in [9.17, 15) is 13.2 Å². The van der Waals surface area contributed by atoms with Crippen molar-refractivity contribution in [3.63, 3.8) is 0 Å². The lowest BCUT2D eigenvalue weighted by Crippen LogP contribution is -2.30. The number of anilines is 1. The van der Waals surface area contributed by atoms with Gasteiger partial charge in [-0.1, -0.05) is 12.1 Å². The number of primary amides is 1. The standard InChI is InChI=1S/C10H15N3O4S/c11-9-3-1-8(2-4-9)7-18(15,16)13-5-6-17-10(12)14/h1-4,13H,5-7,11H2,(H2,12,14). The van der Waals surface area contributed by atoms with Crippen LogP contribution in [-0.4, -0.2) is 27.7 Å². The molecule has 0 aromatic heterocycles. The van der Waals surface area contributed by atoms with Crippen LogP contribution < -0.4 is 16.2 Å². The molecule has 100 valence electrons. The zero-order valence-electron chi connectivity index (χ0n) is 9.63. The predicted octanol–water partition coefficient (Wildman–Crippen LogP) is -0.216. The first kappa shape index (κ1) is 14.3. The number of ether oxygens (including phenoxy) is 1. The summed E-state index contributed by atoms with van der Waals surface area (Å²) in [7, 11) is -3.47. The maximum Gasteiger partial charge on any atom is 0.404 e. The van der Waals surface area contributed by atoms with E-state index in [1.807, 2.05) is 0 Å². The zero-order chi connectivity index (χ0) is 13.6. The van der Waals surface area contributed by atoms with Gasteiger partial charge in [0.15, 0.2) is 0 Å². The van der Waals surface area contributed by atoms with Gasteiger partial charge in [0.05, 0.1) is 5.75 Å². The van der Waals surface area contributed by atoms with Gasteiger partial charge >= 0.3 is 6.09 Å². The van der Waals surface area contributed by atoms with Crippen molar-refractivity contribution in [3.05, 3.63) is 29.8 Å². The molecule has 0 aliphatic rings. The highest BCUT2D eigenvalue weighted by Gasteiger charge is 2.10. The number of nitrogens with one attached hydrogen (secondary N) is 1. The third kappa shape index (κ3) is 5.51. The highest BCUT2D eigenvalue weighted by Crippen LogP contribution is 2.08. The molecule has 8 heteroatoms. The Morgan fingerprint density at radius 2 is 1.89 bits per heavy atom. The number of nitrogens with two attached hydrogens (primary N) is 2. The smallest absolute Gasteiger partial charge is 0.404 e. The Morgan fingerprint density at radius 3 is 2.44 bits per heavy atom. The molecule has 1 rings (SSSR count). The van der Waals surface area contributed by atoms with Crippen LogP contribution in [-0.2, 0) is 20.5 Å². The van der Waals surface area contributed by atoms with Gasteiger partial charge in [0.25, 0.3) is 0 Å². The van der Waals surface area contributed by atoms with Crippen LogP contribution in [0.15, 0.2) is 24.3 Å². The number of carbonyl (C=O) groups excluding carboxylic acids is 1. The van der Waals surface area contributed by atoms with E-state index in [1.165, 1.54) is 0 Å². The van der Waals surface area contributed by atoms with E-state index in [4.69, 9.17) is 11.5 Å². The molecular formula is C10H15N3O4S. The predicted molar refractivity (Wildman–Crippen MR) is 67.0 cm³/mol. The van der Waals surface area contributed by atoms with Crippen LogP contribution in [0.3, 0.4) is 0 Å². The molecule has 1 aromatic carbocycles. The van der Waals surface area contributed by atoms with Crippen LogP contribution in [0.25, 0.3) is 0 Å². The number of rotatable bonds is 6. The average molecular weight is 273 g/mol. The third-order valence-corrected chi connectivity index (χ3v) is 3.36. The fourth-order valence-corrected chi connectivity index (χ4v) is 2.36. The molecule has 1 aromatic rings. The third-order valence-electron chi connectivity index (χ3n) is 2.00. The number of hydrogen-bond donors (Lipinski definition) is 3. The zero-order valence-corrected chi connectivity index (χ0v) is 10.4. The van der Waals surface area contributed by atoms with Crippen LogP contribution in [0.5, 0.6) is 0 Å². The summed E-state index contributed by atoms with van der Waals surface area (Å²) < 4.78 is 29.9. The molecule has 0 spiro atoms. The van der Waals surface area contributed by atoms with Gasteiger partial charge in [-0.25, -0.2) is 17.9 Å². The summed E-state index contributed by atoms with van der Waals surface area (Å²) >= 11 is 0. The molecular weight excluding hydrogens is 258 g/mol. The lowest BCUT2D eigenvalue weighted by molar-refractivity contribution is 0.159. The quantitative estimate of drug-likeness (QED) is 0.488. The molecule has 0 aliphatic heterocycles. The first-order chi connectivity index (χ1) is 8.39. The fraction of sp³-hybridized carbons (Fsp3) is 0.300. The van der Waals surface area contributed by atoms with Crippen LogP contribution in [0.4, 0.5) is 10.5 Å². The molecule has 0 aliphatic carbocycles. The van der Waals surface area contributed by atoms with E-state index in [0.717, 1.165) is 0 Å². The van der Waals surface area contributed by atoms with Crippen LogP contribution in [0.1, 0.15) is 5.56 Å². The van der Waals surface area contributed by atoms with E-state index >= 15 is 0 Å². The van der Waals surface area contributed by atoms with Crippen molar-refractivity contribution in [2.75, 3.05) is 18.9 Å². The number of nitrogen functional groups attached to an aromatic ring is 1. The van der Waals surface area contributed by atoms with Gasteiger partial charge < -0.3 is 16.2 Å². The van der Waals surface area contributed by atoms with Gasteiger partial charge in [0, 0.05) is 12.2 Å². The minimum atomic E-state index is -3.47. The largest absolute Gasteiger partial charge is 0.448 e. The van der Waals surface area contributed by atoms with Crippen molar-refractivity contribution in [2.45, 2.75) is 5.75 Å². The number of carbonyl (C=O) groups is 1. The van der Waals surface area contributed by atoms with Gasteiger partial charge in [-0.15, -0.1) is 0 Å². The van der Waals surface area contributed by atoms with Gasteiger partial charge in [-0.3, -0.25) is 0 Å². The summed E-state index contributed by atoms with van der Waals surface area (Å²) in [5, 5.41) is 0. The monoisotopic (exact) mass is 273 g/mol. The van der Waals surface area contributed by atoms with Crippen LogP contribution in [0, 0.1) is 0 Å². The van der Waals surface area contributed by atoms with Crippen molar-refractivity contribution in [2.24, 2.45) is 5.73 Å². The summed E-state index contributed by atoms with van der Waals surface area (Å²) in [6.45, 7) is -0.115. The molecule has 0 saturated carbocycles. The Hall–Kier alpha value is -1.80. The lowest BCUT2D eigenvalue weighted by Gasteiger charge is -2.07. The van der Waals surface area contributed by atoms with Crippen molar-refractivity contribution in [3.8, 4) is 0 Å². The molecule has 5 N–H and O–H groups in total. The molecule has 0 radical (unpaired) electrons. The summed E-state index contributed by atoms with van der Waals surface area (Å²) in [5.41, 5.74) is 11.4. The number of benzene rings is 1. The van der Waals surface area contributed by atoms with Crippen LogP contribution in [0.2, 0.25) is 0 Å². The fourth-order valence-electron chi connectivity index (χ4n) is 1.23. The average Bonchev–Trinajstić information content (AvgIpc) is 2.27. The SMILES string of the molecule is NC(=O)OCCNS(=O)(=O)Cc1ccc(N)cc1. The summed E-state index contributed by atoms with van der Waals surface area (Å²) in [4.78, 5) is 10.3. The lowest BCUT2D eigenvalue weighted by atomic mass is 10.2. The molecule has 1 amide bonds. The number of amides is 1. The second kappa shape index (κ2) is 6.22. The Morgan fingerprint density at radius 1 is 1.28 bits per heavy atom. The molecule has 0 unspecified atom stereocenters. The van der Waals surface area contributed by atoms with Gasteiger partial charge in [-0.05, 0) is 17.7 Å². The minimum absolute atomic E-state index is 0.0136. The summed E-state index contributed by atoms with van der Waals surface area (Å²) in [6.07, 6.45) is -0.937. The first-order valence-electron chi connectivity index (χ1n) is 5.13. The molecule has 0 atom stereocenters. The molecule has 0 bridgehead atoms. The van der Waals surface area contributed by atoms with Crippen LogP contribution >= 0.6 is 0 Å². The topological polar surface area (TPSA) is 125 Å². The van der Waals surface area contributed by atoms with Gasteiger partial charge in [-0.2, -0.15) is 0 Å². The van der Waals surface area contributed by atoms with E-state index in [-0.39, 0.29) is 18.9 Å². The van der Waals surface area contributed by atoms with E-state index in [2.05, 4.69) is 9.46 Å². The second-order valence-electron chi connectivity index (χ2n) is 3.56. The van der Waals surface area contributed by atoms with E-state index in [0.29, 0.717) is 11.3 Å². The van der Waals surface area contributed by atoms with Gasteiger partial charge in [0.2, 0.25) is 10.0 Å². The Bertz CT molecular complexity index is 498. The summed E-state index contributed by atoms with van der Waals surface area (Å²) in [5.74, 6) is -0.163. The van der Waals surface area contributed by atoms with Crippen molar-refractivity contribution < 1.29 is 17.9 Å². The minimum Gasteiger partial charge on any atom is -0.448 e. The maximum absolute atomic E-state index is 11.6. The highest BCUT2D eigenvalue weighted by atomic mass is 32.2. The second-order valence-corrected chi connectivity index (χ2v) is 5.37. The van der Waals surface area contributed by atoms with Crippen molar-refractivity contribution in [1.82, 2.24) is 4.72 Å². The van der Waals surface area contributed by atoms with Crippen molar-refractivity contribution >= 4 is 21.8 Å². The molecule has 0 saturated heterocycles. The number of sulfonamides is 1. The van der Waals surface area contributed by atoms with E-state index in [1.54, 1.807) is 24.3 Å². The van der Waals surface area contributed by atoms with E-state index < -0.39 is 16.1 Å². The molecule has 18 heavy (non-hydrogen) atoms. The Kier molecular flexibility index (Phi) is 4.93. The molecule has 0 heterocycles. The van der Waals surface area contributed by atoms with Crippen molar-refractivity contribution in [1.29, 1.82) is 0 Å². The van der Waals surface area contributed by atoms with Gasteiger partial charge in [0.1, 0.15) is 6.61 Å². The normalized spacial score (nSPS) is 11.1.